The van der Waals surface area contributed by atoms with Crippen LogP contribution in [0.4, 0.5) is 11.4 Å². The van der Waals surface area contributed by atoms with Crippen molar-refractivity contribution in [1.29, 1.82) is 0 Å². The number of hydrogen-bond donors (Lipinski definition) is 0. The third kappa shape index (κ3) is 6.64. The molecule has 9 heteroatoms. The Balaban J connectivity index is 1.50. The van der Waals surface area contributed by atoms with E-state index < -0.39 is 4.92 Å². The van der Waals surface area contributed by atoms with Gasteiger partial charge in [0.1, 0.15) is 6.61 Å². The topological polar surface area (TPSA) is 94.3 Å². The first-order valence-electron chi connectivity index (χ1n) is 12.8. The highest BCUT2D eigenvalue weighted by molar-refractivity contribution is 8.18. The molecule has 0 bridgehead atoms. The van der Waals surface area contributed by atoms with Crippen LogP contribution < -0.4 is 9.47 Å². The maximum Gasteiger partial charge on any atom is 0.280 e. The van der Waals surface area contributed by atoms with Crippen molar-refractivity contribution in [2.75, 3.05) is 7.11 Å². The maximum absolute atomic E-state index is 13.7. The highest BCUT2D eigenvalue weighted by Gasteiger charge is 2.34. The van der Waals surface area contributed by atoms with Crippen LogP contribution in [0.5, 0.6) is 11.5 Å². The van der Waals surface area contributed by atoms with Gasteiger partial charge in [0.2, 0.25) is 0 Å². The van der Waals surface area contributed by atoms with Gasteiger partial charge in [-0.1, -0.05) is 78.4 Å². The van der Waals surface area contributed by atoms with Crippen LogP contribution in [-0.2, 0) is 17.9 Å². The monoisotopic (exact) mass is 565 g/mol. The molecule has 5 rings (SSSR count). The Morgan fingerprint density at radius 2 is 1.59 bits per heavy atom. The van der Waals surface area contributed by atoms with Crippen LogP contribution in [0.15, 0.2) is 107 Å². The van der Waals surface area contributed by atoms with Crippen molar-refractivity contribution in [2.45, 2.75) is 20.1 Å². The van der Waals surface area contributed by atoms with Crippen molar-refractivity contribution >= 4 is 40.3 Å². The van der Waals surface area contributed by atoms with Gasteiger partial charge >= 0.3 is 0 Å². The molecule has 0 unspecified atom stereocenters. The van der Waals surface area contributed by atoms with E-state index in [1.54, 1.807) is 4.90 Å². The maximum atomic E-state index is 13.7. The highest BCUT2D eigenvalue weighted by Crippen LogP contribution is 2.40. The van der Waals surface area contributed by atoms with Crippen LogP contribution in [0.1, 0.15) is 22.3 Å². The molecule has 1 aliphatic rings. The quantitative estimate of drug-likeness (QED) is 0.120. The standard InChI is InChI=1S/C32H27N3O5S/c1-22-13-15-26(16-14-22)33-32-34(20-23-9-5-3-6-10-23)31(36)30(41-32)18-25-17-28(39-2)29(19-27(25)35(37)38)40-21-24-11-7-4-8-12-24/h3-19H,20-21H2,1-2H3/b30-18+,33-32?. The van der Waals surface area contributed by atoms with Gasteiger partial charge in [-0.2, -0.15) is 0 Å². The summed E-state index contributed by atoms with van der Waals surface area (Å²) in [4.78, 5) is 31.9. The zero-order chi connectivity index (χ0) is 28.8. The molecule has 0 aromatic heterocycles. The van der Waals surface area contributed by atoms with Crippen molar-refractivity contribution in [2.24, 2.45) is 4.99 Å². The molecule has 4 aromatic rings. The summed E-state index contributed by atoms with van der Waals surface area (Å²) in [7, 11) is 1.47. The van der Waals surface area contributed by atoms with E-state index in [0.29, 0.717) is 28.1 Å². The fourth-order valence-electron chi connectivity index (χ4n) is 4.21. The van der Waals surface area contributed by atoms with Gasteiger partial charge in [-0.3, -0.25) is 19.8 Å². The predicted octanol–water partition coefficient (Wildman–Crippen LogP) is 7.30. The van der Waals surface area contributed by atoms with E-state index in [1.807, 2.05) is 91.9 Å². The minimum atomic E-state index is -0.492. The molecule has 1 saturated heterocycles. The number of nitro benzene ring substituents is 1. The number of methoxy groups -OCH3 is 1. The highest BCUT2D eigenvalue weighted by atomic mass is 32.2. The second-order valence-electron chi connectivity index (χ2n) is 9.31. The van der Waals surface area contributed by atoms with Crippen LogP contribution >= 0.6 is 11.8 Å². The molecule has 1 amide bonds. The Kier molecular flexibility index (Phi) is 8.45. The number of nitro groups is 1. The van der Waals surface area contributed by atoms with E-state index in [-0.39, 0.29) is 29.5 Å². The fraction of sp³-hybridized carbons (Fsp3) is 0.125. The van der Waals surface area contributed by atoms with E-state index in [1.165, 1.54) is 37.1 Å². The molecule has 206 valence electrons. The number of hydrogen-bond acceptors (Lipinski definition) is 7. The van der Waals surface area contributed by atoms with Gasteiger partial charge in [0.05, 0.1) is 40.8 Å². The summed E-state index contributed by atoms with van der Waals surface area (Å²) in [6.45, 7) is 2.52. The number of rotatable bonds is 9. The van der Waals surface area contributed by atoms with Crippen LogP contribution in [-0.4, -0.2) is 28.0 Å². The molecule has 1 fully saturated rings. The molecule has 4 aromatic carbocycles. The molecule has 0 saturated carbocycles. The first-order valence-corrected chi connectivity index (χ1v) is 13.7. The van der Waals surface area contributed by atoms with Crippen molar-refractivity contribution in [1.82, 2.24) is 4.90 Å². The molecule has 8 nitrogen and oxygen atoms in total. The largest absolute Gasteiger partial charge is 0.493 e. The molecule has 0 atom stereocenters. The zero-order valence-electron chi connectivity index (χ0n) is 22.5. The average Bonchev–Trinajstić information content (AvgIpc) is 3.27. The predicted molar refractivity (Wildman–Crippen MR) is 161 cm³/mol. The number of amidine groups is 1. The smallest absolute Gasteiger partial charge is 0.280 e. The van der Waals surface area contributed by atoms with E-state index in [4.69, 9.17) is 14.5 Å². The molecular weight excluding hydrogens is 538 g/mol. The van der Waals surface area contributed by atoms with Crippen molar-refractivity contribution in [3.8, 4) is 11.5 Å². The summed E-state index contributed by atoms with van der Waals surface area (Å²) in [5.74, 6) is 0.272. The summed E-state index contributed by atoms with van der Waals surface area (Å²) >= 11 is 1.18. The third-order valence-corrected chi connectivity index (χ3v) is 7.37. The summed E-state index contributed by atoms with van der Waals surface area (Å²) < 4.78 is 11.4. The van der Waals surface area contributed by atoms with E-state index >= 15 is 0 Å². The molecule has 0 spiro atoms. The molecule has 1 aliphatic heterocycles. The molecular formula is C32H27N3O5S. The lowest BCUT2D eigenvalue weighted by Crippen LogP contribution is -2.28. The number of benzene rings is 4. The minimum absolute atomic E-state index is 0.201. The summed E-state index contributed by atoms with van der Waals surface area (Å²) in [5, 5.41) is 12.6. The van der Waals surface area contributed by atoms with Gasteiger partial charge in [0.25, 0.3) is 11.6 Å². The van der Waals surface area contributed by atoms with Gasteiger partial charge in [0.15, 0.2) is 16.7 Å². The van der Waals surface area contributed by atoms with Gasteiger partial charge < -0.3 is 9.47 Å². The zero-order valence-corrected chi connectivity index (χ0v) is 23.3. The molecule has 0 radical (unpaired) electrons. The lowest BCUT2D eigenvalue weighted by atomic mass is 10.1. The number of amides is 1. The first kappa shape index (κ1) is 27.7. The summed E-state index contributed by atoms with van der Waals surface area (Å²) in [5.41, 5.74) is 3.68. The van der Waals surface area contributed by atoms with Crippen LogP contribution in [0.2, 0.25) is 0 Å². The lowest BCUT2D eigenvalue weighted by molar-refractivity contribution is -0.385. The number of thioether (sulfide) groups is 1. The Labute approximate surface area is 242 Å². The average molecular weight is 566 g/mol. The summed E-state index contributed by atoms with van der Waals surface area (Å²) in [6, 6.07) is 29.6. The second-order valence-corrected chi connectivity index (χ2v) is 10.3. The van der Waals surface area contributed by atoms with Crippen LogP contribution in [0.3, 0.4) is 0 Å². The number of carbonyl (C=O) groups excluding carboxylic acids is 1. The normalized spacial score (nSPS) is 15.0. The first-order chi connectivity index (χ1) is 19.9. The molecule has 0 N–H and O–H groups in total. The SMILES string of the molecule is COc1cc(/C=C2/SC(=Nc3ccc(C)cc3)N(Cc3ccccc3)C2=O)c([N+](=O)[O-])cc1OCc1ccccc1. The van der Waals surface area contributed by atoms with Crippen LogP contribution in [0.25, 0.3) is 6.08 Å². The number of ether oxygens (including phenoxy) is 2. The van der Waals surface area contributed by atoms with Crippen molar-refractivity contribution in [3.05, 3.63) is 134 Å². The second kappa shape index (κ2) is 12.5. The molecule has 0 aliphatic carbocycles. The van der Waals surface area contributed by atoms with Crippen molar-refractivity contribution in [3.63, 3.8) is 0 Å². The van der Waals surface area contributed by atoms with Crippen LogP contribution in [0, 0.1) is 17.0 Å². The molecule has 41 heavy (non-hydrogen) atoms. The number of carbonyl (C=O) groups is 1. The Bertz CT molecular complexity index is 1620. The van der Waals surface area contributed by atoms with Gasteiger partial charge in [0, 0.05) is 0 Å². The number of nitrogens with zero attached hydrogens (tertiary/aromatic N) is 3. The Morgan fingerprint density at radius 1 is 0.927 bits per heavy atom. The van der Waals surface area contributed by atoms with Gasteiger partial charge in [-0.05, 0) is 54.1 Å². The van der Waals surface area contributed by atoms with E-state index in [9.17, 15) is 14.9 Å². The number of aliphatic imine (C=N–C) groups is 1. The number of aryl methyl sites for hydroxylation is 1. The van der Waals surface area contributed by atoms with E-state index in [2.05, 4.69) is 0 Å². The van der Waals surface area contributed by atoms with Gasteiger partial charge in [-0.25, -0.2) is 4.99 Å². The Hall–Kier alpha value is -4.89. The molecule has 1 heterocycles. The van der Waals surface area contributed by atoms with Gasteiger partial charge in [-0.15, -0.1) is 0 Å². The summed E-state index contributed by atoms with van der Waals surface area (Å²) in [6.07, 6.45) is 1.52. The van der Waals surface area contributed by atoms with E-state index in [0.717, 1.165) is 16.7 Å². The fourth-order valence-corrected chi connectivity index (χ4v) is 5.20. The minimum Gasteiger partial charge on any atom is -0.493 e. The Morgan fingerprint density at radius 3 is 2.22 bits per heavy atom. The third-order valence-electron chi connectivity index (χ3n) is 6.36. The lowest BCUT2D eigenvalue weighted by Gasteiger charge is -2.15. The van der Waals surface area contributed by atoms with Crippen molar-refractivity contribution < 1.29 is 19.2 Å².